The normalized spacial score (nSPS) is 12.5. The molecule has 0 radical (unpaired) electrons. The van der Waals surface area contributed by atoms with E-state index in [-0.39, 0.29) is 16.4 Å². The molecule has 0 aliphatic carbocycles. The highest BCUT2D eigenvalue weighted by atomic mass is 35.5. The van der Waals surface area contributed by atoms with Crippen molar-refractivity contribution >= 4 is 46.8 Å². The number of nitrogens with one attached hydrogen (secondary N) is 2. The Morgan fingerprint density at radius 1 is 1.12 bits per heavy atom. The van der Waals surface area contributed by atoms with E-state index in [0.717, 1.165) is 11.6 Å². The summed E-state index contributed by atoms with van der Waals surface area (Å²) in [6, 6.07) is 9.53. The van der Waals surface area contributed by atoms with Crippen molar-refractivity contribution in [3.8, 4) is 5.75 Å². The first-order chi connectivity index (χ1) is 15.6. The predicted octanol–water partition coefficient (Wildman–Crippen LogP) is 3.35. The standard InChI is InChI=1S/C22H22ClN3O7/c1-13(24-20(27)11-6-15-4-8-17(32-3)9-5-15)22(29)33-14(2)21(28)25-19-10-7-16(26(30)31)12-18(19)23/h4-14H,1-3H3,(H,24,27)(H,25,28)/b11-6+. The topological polar surface area (TPSA) is 137 Å². The predicted molar refractivity (Wildman–Crippen MR) is 122 cm³/mol. The molecular weight excluding hydrogens is 454 g/mol. The number of rotatable bonds is 9. The molecular formula is C22H22ClN3O7. The number of nitro benzene ring substituents is 1. The fraction of sp³-hybridized carbons (Fsp3) is 0.227. The molecule has 2 N–H and O–H groups in total. The minimum Gasteiger partial charge on any atom is -0.497 e. The number of carbonyl (C=O) groups is 3. The molecule has 0 aliphatic heterocycles. The summed E-state index contributed by atoms with van der Waals surface area (Å²) < 4.78 is 10.1. The number of hydrogen-bond acceptors (Lipinski definition) is 7. The van der Waals surface area contributed by atoms with Crippen LogP contribution in [0.15, 0.2) is 48.5 Å². The van der Waals surface area contributed by atoms with Crippen molar-refractivity contribution in [2.45, 2.75) is 26.0 Å². The Hall–Kier alpha value is -3.92. The quantitative estimate of drug-likeness (QED) is 0.245. The zero-order valence-corrected chi connectivity index (χ0v) is 18.8. The summed E-state index contributed by atoms with van der Waals surface area (Å²) in [7, 11) is 1.55. The van der Waals surface area contributed by atoms with Crippen molar-refractivity contribution in [1.82, 2.24) is 5.32 Å². The van der Waals surface area contributed by atoms with Gasteiger partial charge in [-0.1, -0.05) is 23.7 Å². The van der Waals surface area contributed by atoms with Crippen molar-refractivity contribution in [3.63, 3.8) is 0 Å². The van der Waals surface area contributed by atoms with Gasteiger partial charge in [0.25, 0.3) is 11.6 Å². The van der Waals surface area contributed by atoms with E-state index in [0.29, 0.717) is 5.75 Å². The summed E-state index contributed by atoms with van der Waals surface area (Å²) in [6.45, 7) is 2.75. The van der Waals surface area contributed by atoms with E-state index >= 15 is 0 Å². The third-order valence-corrected chi connectivity index (χ3v) is 4.65. The average molecular weight is 476 g/mol. The van der Waals surface area contributed by atoms with Crippen LogP contribution in [0.25, 0.3) is 6.08 Å². The smallest absolute Gasteiger partial charge is 0.329 e. The molecule has 2 amide bonds. The average Bonchev–Trinajstić information content (AvgIpc) is 2.78. The monoisotopic (exact) mass is 475 g/mol. The van der Waals surface area contributed by atoms with Gasteiger partial charge >= 0.3 is 5.97 Å². The molecule has 174 valence electrons. The number of non-ortho nitro benzene ring substituents is 1. The van der Waals surface area contributed by atoms with Crippen molar-refractivity contribution in [3.05, 3.63) is 69.2 Å². The van der Waals surface area contributed by atoms with Crippen LogP contribution in [-0.2, 0) is 19.1 Å². The summed E-state index contributed by atoms with van der Waals surface area (Å²) in [6.07, 6.45) is 1.62. The second-order valence-electron chi connectivity index (χ2n) is 6.83. The molecule has 0 saturated heterocycles. The number of anilines is 1. The second-order valence-corrected chi connectivity index (χ2v) is 7.23. The third kappa shape index (κ3) is 7.62. The minimum atomic E-state index is -1.21. The summed E-state index contributed by atoms with van der Waals surface area (Å²) >= 11 is 5.94. The van der Waals surface area contributed by atoms with Crippen molar-refractivity contribution in [1.29, 1.82) is 0 Å². The lowest BCUT2D eigenvalue weighted by molar-refractivity contribution is -0.384. The molecule has 10 nitrogen and oxygen atoms in total. The van der Waals surface area contributed by atoms with Crippen LogP contribution in [0.2, 0.25) is 5.02 Å². The molecule has 2 aromatic carbocycles. The summed E-state index contributed by atoms with van der Waals surface area (Å²) in [5.41, 5.74) is 0.652. The highest BCUT2D eigenvalue weighted by molar-refractivity contribution is 6.34. The lowest BCUT2D eigenvalue weighted by Gasteiger charge is -2.17. The number of methoxy groups -OCH3 is 1. The van der Waals surface area contributed by atoms with Crippen LogP contribution in [0.5, 0.6) is 5.75 Å². The fourth-order valence-corrected chi connectivity index (χ4v) is 2.71. The van der Waals surface area contributed by atoms with E-state index in [1.54, 1.807) is 37.5 Å². The molecule has 0 aromatic heterocycles. The molecule has 0 bridgehead atoms. The molecule has 2 atom stereocenters. The molecule has 2 aromatic rings. The molecule has 0 saturated carbocycles. The lowest BCUT2D eigenvalue weighted by Crippen LogP contribution is -2.41. The number of nitro groups is 1. The van der Waals surface area contributed by atoms with E-state index in [2.05, 4.69) is 10.6 Å². The van der Waals surface area contributed by atoms with Gasteiger partial charge in [-0.05, 0) is 43.7 Å². The molecule has 0 aliphatic rings. The van der Waals surface area contributed by atoms with E-state index < -0.39 is 34.9 Å². The highest BCUT2D eigenvalue weighted by Crippen LogP contribution is 2.26. The zero-order chi connectivity index (χ0) is 24.5. The Bertz CT molecular complexity index is 1070. The maximum absolute atomic E-state index is 12.3. The van der Waals surface area contributed by atoms with E-state index in [1.807, 2.05) is 0 Å². The molecule has 2 unspecified atom stereocenters. The maximum Gasteiger partial charge on any atom is 0.329 e. The molecule has 0 fully saturated rings. The van der Waals surface area contributed by atoms with Gasteiger partial charge < -0.3 is 20.1 Å². The van der Waals surface area contributed by atoms with Crippen LogP contribution < -0.4 is 15.4 Å². The van der Waals surface area contributed by atoms with Gasteiger partial charge in [0, 0.05) is 18.2 Å². The number of hydrogen-bond donors (Lipinski definition) is 2. The Morgan fingerprint density at radius 3 is 2.36 bits per heavy atom. The van der Waals surface area contributed by atoms with Crippen molar-refractivity contribution < 1.29 is 28.8 Å². The van der Waals surface area contributed by atoms with Gasteiger partial charge in [-0.15, -0.1) is 0 Å². The van der Waals surface area contributed by atoms with Gasteiger partial charge in [-0.25, -0.2) is 4.79 Å². The number of halogens is 1. The molecule has 0 heterocycles. The Balaban J connectivity index is 1.87. The van der Waals surface area contributed by atoms with Crippen LogP contribution in [0, 0.1) is 10.1 Å². The Morgan fingerprint density at radius 2 is 1.79 bits per heavy atom. The number of carbonyl (C=O) groups excluding carboxylic acids is 3. The van der Waals surface area contributed by atoms with Gasteiger partial charge in [0.15, 0.2) is 6.10 Å². The maximum atomic E-state index is 12.3. The Kier molecular flexibility index (Phi) is 8.93. The third-order valence-electron chi connectivity index (χ3n) is 4.34. The first-order valence-corrected chi connectivity index (χ1v) is 10.1. The Labute approximate surface area is 194 Å². The second kappa shape index (κ2) is 11.6. The van der Waals surface area contributed by atoms with Crippen molar-refractivity contribution in [2.24, 2.45) is 0 Å². The minimum absolute atomic E-state index is 0.0413. The van der Waals surface area contributed by atoms with Gasteiger partial charge in [0.1, 0.15) is 11.8 Å². The fourth-order valence-electron chi connectivity index (χ4n) is 2.49. The highest BCUT2D eigenvalue weighted by Gasteiger charge is 2.23. The van der Waals surface area contributed by atoms with Gasteiger partial charge in [-0.2, -0.15) is 0 Å². The number of benzene rings is 2. The SMILES string of the molecule is COc1ccc(/C=C/C(=O)NC(C)C(=O)OC(C)C(=O)Nc2ccc([N+](=O)[O-])cc2Cl)cc1. The number of ether oxygens (including phenoxy) is 2. The van der Waals surface area contributed by atoms with Crippen LogP contribution in [-0.4, -0.2) is 42.0 Å². The van der Waals surface area contributed by atoms with E-state index in [4.69, 9.17) is 21.1 Å². The van der Waals surface area contributed by atoms with Crippen LogP contribution in [0.3, 0.4) is 0 Å². The zero-order valence-electron chi connectivity index (χ0n) is 18.0. The van der Waals surface area contributed by atoms with Crippen LogP contribution >= 0.6 is 11.6 Å². The number of esters is 1. The largest absolute Gasteiger partial charge is 0.497 e. The summed E-state index contributed by atoms with van der Waals surface area (Å²) in [5.74, 6) is -1.36. The summed E-state index contributed by atoms with van der Waals surface area (Å²) in [4.78, 5) is 46.7. The molecule has 0 spiro atoms. The van der Waals surface area contributed by atoms with Gasteiger partial charge in [0.05, 0.1) is 22.7 Å². The van der Waals surface area contributed by atoms with Crippen molar-refractivity contribution in [2.75, 3.05) is 12.4 Å². The van der Waals surface area contributed by atoms with E-state index in [9.17, 15) is 24.5 Å². The number of nitrogens with zero attached hydrogens (tertiary/aromatic N) is 1. The first-order valence-electron chi connectivity index (χ1n) is 9.68. The van der Waals surface area contributed by atoms with Crippen LogP contribution in [0.1, 0.15) is 19.4 Å². The van der Waals surface area contributed by atoms with Crippen LogP contribution in [0.4, 0.5) is 11.4 Å². The first kappa shape index (κ1) is 25.3. The molecule has 2 rings (SSSR count). The van der Waals surface area contributed by atoms with E-state index in [1.165, 1.54) is 32.1 Å². The summed E-state index contributed by atoms with van der Waals surface area (Å²) in [5, 5.41) is 15.6. The van der Waals surface area contributed by atoms with Gasteiger partial charge in [0.2, 0.25) is 5.91 Å². The number of amides is 2. The van der Waals surface area contributed by atoms with Gasteiger partial charge in [-0.3, -0.25) is 19.7 Å². The lowest BCUT2D eigenvalue weighted by atomic mass is 10.2. The molecule has 33 heavy (non-hydrogen) atoms. The molecule has 11 heteroatoms.